The Morgan fingerprint density at radius 3 is 2.48 bits per heavy atom. The van der Waals surface area contributed by atoms with Gasteiger partial charge in [0.1, 0.15) is 5.75 Å². The number of hydrogen-bond acceptors (Lipinski definition) is 3. The molecule has 1 fully saturated rings. The summed E-state index contributed by atoms with van der Waals surface area (Å²) in [4.78, 5) is 2.13. The van der Waals surface area contributed by atoms with Crippen LogP contribution >= 0.6 is 12.4 Å². The van der Waals surface area contributed by atoms with Gasteiger partial charge in [0.15, 0.2) is 0 Å². The molecule has 2 rings (SSSR count). The van der Waals surface area contributed by atoms with Crippen molar-refractivity contribution < 1.29 is 22.3 Å². The smallest absolute Gasteiger partial charge is 0.428 e. The first-order chi connectivity index (χ1) is 10.4. The molecular weight excluding hydrogens is 336 g/mol. The van der Waals surface area contributed by atoms with Crippen LogP contribution in [0.25, 0.3) is 0 Å². The number of benzene rings is 1. The number of piperazine rings is 1. The Morgan fingerprint density at radius 2 is 1.91 bits per heavy atom. The summed E-state index contributed by atoms with van der Waals surface area (Å²) in [7, 11) is 0. The fourth-order valence-corrected chi connectivity index (χ4v) is 2.42. The highest BCUT2D eigenvalue weighted by molar-refractivity contribution is 5.85. The highest BCUT2D eigenvalue weighted by atomic mass is 35.5. The topological polar surface area (TPSA) is 24.5 Å². The van der Waals surface area contributed by atoms with Crippen molar-refractivity contribution in [1.82, 2.24) is 10.2 Å². The van der Waals surface area contributed by atoms with Crippen LogP contribution in [0, 0.1) is 0 Å². The minimum absolute atomic E-state index is 0. The first-order valence-corrected chi connectivity index (χ1v) is 6.96. The Bertz CT molecular complexity index is 510. The maximum absolute atomic E-state index is 13.0. The van der Waals surface area contributed by atoms with E-state index in [2.05, 4.69) is 21.5 Å². The van der Waals surface area contributed by atoms with E-state index in [0.29, 0.717) is 5.56 Å². The van der Waals surface area contributed by atoms with Crippen molar-refractivity contribution in [3.8, 4) is 5.75 Å². The molecule has 1 heterocycles. The summed E-state index contributed by atoms with van der Waals surface area (Å²) in [5.74, 6) is -0.287. The van der Waals surface area contributed by atoms with Crippen molar-refractivity contribution in [2.45, 2.75) is 18.6 Å². The first-order valence-electron chi connectivity index (χ1n) is 6.96. The minimum Gasteiger partial charge on any atom is -0.428 e. The van der Waals surface area contributed by atoms with Gasteiger partial charge in [0.25, 0.3) is 0 Å². The van der Waals surface area contributed by atoms with Gasteiger partial charge in [-0.05, 0) is 17.7 Å². The third kappa shape index (κ3) is 5.09. The van der Waals surface area contributed by atoms with Crippen LogP contribution in [0.2, 0.25) is 0 Å². The lowest BCUT2D eigenvalue weighted by molar-refractivity contribution is -0.253. The zero-order valence-corrected chi connectivity index (χ0v) is 13.2. The van der Waals surface area contributed by atoms with Crippen LogP contribution < -0.4 is 10.1 Å². The number of hydrogen-bond donors (Lipinski definition) is 1. The van der Waals surface area contributed by atoms with Crippen molar-refractivity contribution in [3.63, 3.8) is 0 Å². The summed E-state index contributed by atoms with van der Waals surface area (Å²) in [6.07, 6.45) is -6.67. The van der Waals surface area contributed by atoms with Gasteiger partial charge in [0.05, 0.1) is 6.04 Å². The molecule has 1 aliphatic rings. The quantitative estimate of drug-likeness (QED) is 0.625. The molecule has 0 bridgehead atoms. The molecule has 1 aromatic carbocycles. The summed E-state index contributed by atoms with van der Waals surface area (Å²) in [5.41, 5.74) is 0.680. The number of ether oxygens (including phenoxy) is 1. The van der Waals surface area contributed by atoms with E-state index in [1.807, 2.05) is 0 Å². The fourth-order valence-electron chi connectivity index (χ4n) is 2.42. The van der Waals surface area contributed by atoms with E-state index in [9.17, 15) is 17.6 Å². The van der Waals surface area contributed by atoms with Gasteiger partial charge in [0, 0.05) is 26.2 Å². The van der Waals surface area contributed by atoms with Crippen LogP contribution in [0.1, 0.15) is 11.6 Å². The normalized spacial score (nSPS) is 17.4. The van der Waals surface area contributed by atoms with Gasteiger partial charge in [0.2, 0.25) is 0 Å². The lowest BCUT2D eigenvalue weighted by Gasteiger charge is -2.33. The van der Waals surface area contributed by atoms with Crippen molar-refractivity contribution in [3.05, 3.63) is 42.5 Å². The maximum Gasteiger partial charge on any atom is 0.461 e. The Kier molecular flexibility index (Phi) is 7.31. The SMILES string of the molecule is C=C[C@H](c1cccc(OC(F)(F)C(F)F)c1)N1CCNCC1.Cl. The molecule has 1 saturated heterocycles. The van der Waals surface area contributed by atoms with E-state index in [-0.39, 0.29) is 24.2 Å². The van der Waals surface area contributed by atoms with Crippen LogP contribution in [0.5, 0.6) is 5.75 Å². The van der Waals surface area contributed by atoms with Gasteiger partial charge in [-0.1, -0.05) is 18.2 Å². The molecule has 0 saturated carbocycles. The predicted molar refractivity (Wildman–Crippen MR) is 82.6 cm³/mol. The van der Waals surface area contributed by atoms with E-state index >= 15 is 0 Å². The van der Waals surface area contributed by atoms with E-state index < -0.39 is 12.5 Å². The van der Waals surface area contributed by atoms with Crippen LogP contribution in [0.15, 0.2) is 36.9 Å². The second kappa shape index (κ2) is 8.52. The van der Waals surface area contributed by atoms with Crippen LogP contribution in [0.4, 0.5) is 17.6 Å². The Labute approximate surface area is 138 Å². The maximum atomic E-state index is 13.0. The number of nitrogens with zero attached hydrogens (tertiary/aromatic N) is 1. The summed E-state index contributed by atoms with van der Waals surface area (Å²) >= 11 is 0. The third-order valence-corrected chi connectivity index (χ3v) is 3.48. The second-order valence-electron chi connectivity index (χ2n) is 5.00. The van der Waals surface area contributed by atoms with Crippen molar-refractivity contribution in [2.24, 2.45) is 0 Å². The summed E-state index contributed by atoms with van der Waals surface area (Å²) < 4.78 is 54.5. The third-order valence-electron chi connectivity index (χ3n) is 3.48. The van der Waals surface area contributed by atoms with Gasteiger partial charge in [-0.15, -0.1) is 19.0 Å². The summed E-state index contributed by atoms with van der Waals surface area (Å²) in [6.45, 7) is 6.99. The van der Waals surface area contributed by atoms with Crippen molar-refractivity contribution in [1.29, 1.82) is 0 Å². The molecule has 23 heavy (non-hydrogen) atoms. The van der Waals surface area contributed by atoms with Crippen LogP contribution in [0.3, 0.4) is 0 Å². The summed E-state index contributed by atoms with van der Waals surface area (Å²) in [5, 5.41) is 3.22. The van der Waals surface area contributed by atoms with E-state index in [4.69, 9.17) is 0 Å². The molecule has 3 nitrogen and oxygen atoms in total. The molecule has 0 unspecified atom stereocenters. The molecule has 0 spiro atoms. The van der Waals surface area contributed by atoms with E-state index in [0.717, 1.165) is 26.2 Å². The lowest BCUT2D eigenvalue weighted by atomic mass is 10.0. The average Bonchev–Trinajstić information content (AvgIpc) is 2.49. The lowest BCUT2D eigenvalue weighted by Crippen LogP contribution is -2.44. The molecular formula is C15H19ClF4N2O. The Morgan fingerprint density at radius 1 is 1.26 bits per heavy atom. The molecule has 0 aromatic heterocycles. The molecule has 1 aliphatic heterocycles. The summed E-state index contributed by atoms with van der Waals surface area (Å²) in [6, 6.07) is 5.65. The number of nitrogens with one attached hydrogen (secondary N) is 1. The molecule has 0 radical (unpaired) electrons. The van der Waals surface area contributed by atoms with Crippen molar-refractivity contribution in [2.75, 3.05) is 26.2 Å². The van der Waals surface area contributed by atoms with Gasteiger partial charge in [-0.3, -0.25) is 4.90 Å². The predicted octanol–water partition coefficient (Wildman–Crippen LogP) is 3.48. The molecule has 1 aromatic rings. The van der Waals surface area contributed by atoms with Crippen LogP contribution in [-0.4, -0.2) is 43.6 Å². The molecule has 1 N–H and O–H groups in total. The van der Waals surface area contributed by atoms with Gasteiger partial charge >= 0.3 is 12.5 Å². The molecule has 1 atom stereocenters. The zero-order valence-electron chi connectivity index (χ0n) is 12.4. The highest BCUT2D eigenvalue weighted by Crippen LogP contribution is 2.30. The average molecular weight is 355 g/mol. The van der Waals surface area contributed by atoms with Gasteiger partial charge in [-0.25, -0.2) is 0 Å². The minimum atomic E-state index is -4.50. The molecule has 130 valence electrons. The number of alkyl halides is 4. The highest BCUT2D eigenvalue weighted by Gasteiger charge is 2.44. The van der Waals surface area contributed by atoms with E-state index in [1.165, 1.54) is 18.2 Å². The van der Waals surface area contributed by atoms with Crippen molar-refractivity contribution >= 4 is 12.4 Å². The van der Waals surface area contributed by atoms with E-state index in [1.54, 1.807) is 12.1 Å². The Balaban J connectivity index is 0.00000264. The zero-order chi connectivity index (χ0) is 16.2. The van der Waals surface area contributed by atoms with Gasteiger partial charge in [-0.2, -0.15) is 17.6 Å². The molecule has 0 aliphatic carbocycles. The standard InChI is InChI=1S/C15H18F4N2O.ClH/c1-2-13(21-8-6-20-7-9-21)11-4-3-5-12(10-11)22-15(18,19)14(16)17;/h2-5,10,13-14,20H,1,6-9H2;1H/t13-;/m1./s1. The number of halogens is 5. The van der Waals surface area contributed by atoms with Crippen LogP contribution in [-0.2, 0) is 0 Å². The largest absolute Gasteiger partial charge is 0.461 e. The second-order valence-corrected chi connectivity index (χ2v) is 5.00. The first kappa shape index (κ1) is 19.7. The van der Waals surface area contributed by atoms with Gasteiger partial charge < -0.3 is 10.1 Å². The molecule has 8 heteroatoms. The molecule has 0 amide bonds. The number of rotatable bonds is 6. The Hall–Kier alpha value is -1.31. The fraction of sp³-hybridized carbons (Fsp3) is 0.467. The monoisotopic (exact) mass is 354 g/mol.